The summed E-state index contributed by atoms with van der Waals surface area (Å²) < 4.78 is 5.49. The molecule has 0 saturated carbocycles. The third-order valence-electron chi connectivity index (χ3n) is 14.8. The maximum atomic E-state index is 12.5. The van der Waals surface area contributed by atoms with Crippen LogP contribution in [0.3, 0.4) is 0 Å². The zero-order valence-corrected chi connectivity index (χ0v) is 46.8. The van der Waals surface area contributed by atoms with Gasteiger partial charge in [0, 0.05) is 12.8 Å². The zero-order chi connectivity index (χ0) is 50.0. The SMILES string of the molecule is CCCCCCCC/C=C\CCCCCCCCCC(=O)OCCCCCCCCCCCCCCCCCCC(=O)NC(CO)C(O)CCCCCCCCCCCCCCCCCCCCC. The molecule has 1 amide bonds. The van der Waals surface area contributed by atoms with Crippen molar-refractivity contribution in [1.29, 1.82) is 0 Å². The number of amides is 1. The van der Waals surface area contributed by atoms with E-state index in [0.29, 0.717) is 25.9 Å². The number of nitrogens with one attached hydrogen (secondary N) is 1. The normalized spacial score (nSPS) is 12.6. The van der Waals surface area contributed by atoms with Gasteiger partial charge in [0.25, 0.3) is 0 Å². The van der Waals surface area contributed by atoms with Gasteiger partial charge in [0.1, 0.15) is 0 Å². The fourth-order valence-corrected chi connectivity index (χ4v) is 9.99. The van der Waals surface area contributed by atoms with E-state index in [1.807, 2.05) is 0 Å². The summed E-state index contributed by atoms with van der Waals surface area (Å²) in [7, 11) is 0. The van der Waals surface area contributed by atoms with Crippen molar-refractivity contribution in [3.05, 3.63) is 12.2 Å². The Labute approximate surface area is 431 Å². The Bertz CT molecular complexity index is 1030. The first-order valence-corrected chi connectivity index (χ1v) is 31.4. The summed E-state index contributed by atoms with van der Waals surface area (Å²) in [6, 6.07) is -0.547. The summed E-state index contributed by atoms with van der Waals surface area (Å²) in [5, 5.41) is 23.4. The van der Waals surface area contributed by atoms with E-state index in [1.54, 1.807) is 0 Å². The van der Waals surface area contributed by atoms with E-state index in [4.69, 9.17) is 4.74 Å². The van der Waals surface area contributed by atoms with Crippen molar-refractivity contribution in [2.75, 3.05) is 13.2 Å². The predicted octanol–water partition coefficient (Wildman–Crippen LogP) is 19.6. The number of unbranched alkanes of at least 4 members (excludes halogenated alkanes) is 46. The molecule has 2 unspecified atom stereocenters. The molecule has 0 aliphatic rings. The van der Waals surface area contributed by atoms with E-state index < -0.39 is 12.1 Å². The van der Waals surface area contributed by atoms with Crippen molar-refractivity contribution in [2.45, 2.75) is 366 Å². The minimum Gasteiger partial charge on any atom is -0.466 e. The Morgan fingerprint density at radius 1 is 0.391 bits per heavy atom. The molecule has 0 aromatic carbocycles. The molecule has 2 atom stereocenters. The average molecular weight is 975 g/mol. The van der Waals surface area contributed by atoms with Gasteiger partial charge in [-0.1, -0.05) is 302 Å². The summed E-state index contributed by atoms with van der Waals surface area (Å²) >= 11 is 0. The molecule has 0 aliphatic carbocycles. The van der Waals surface area contributed by atoms with E-state index in [-0.39, 0.29) is 18.5 Å². The largest absolute Gasteiger partial charge is 0.466 e. The van der Waals surface area contributed by atoms with E-state index in [9.17, 15) is 19.8 Å². The van der Waals surface area contributed by atoms with Crippen LogP contribution in [0.1, 0.15) is 354 Å². The molecular formula is C63H123NO5. The lowest BCUT2D eigenvalue weighted by Crippen LogP contribution is -2.45. The molecule has 6 nitrogen and oxygen atoms in total. The number of aliphatic hydroxyl groups excluding tert-OH is 2. The van der Waals surface area contributed by atoms with Gasteiger partial charge in [0.2, 0.25) is 5.91 Å². The van der Waals surface area contributed by atoms with Crippen LogP contribution in [0.2, 0.25) is 0 Å². The topological polar surface area (TPSA) is 95.9 Å². The second kappa shape index (κ2) is 59.2. The number of ether oxygens (including phenoxy) is 1. The molecular weight excluding hydrogens is 851 g/mol. The molecule has 0 aromatic rings. The maximum absolute atomic E-state index is 12.5. The molecule has 0 bridgehead atoms. The minimum atomic E-state index is -0.669. The van der Waals surface area contributed by atoms with Gasteiger partial charge in [-0.2, -0.15) is 0 Å². The highest BCUT2D eigenvalue weighted by Gasteiger charge is 2.20. The number of allylic oxidation sites excluding steroid dienone is 2. The molecule has 0 heterocycles. The summed E-state index contributed by atoms with van der Waals surface area (Å²) in [6.45, 7) is 4.96. The van der Waals surface area contributed by atoms with Gasteiger partial charge < -0.3 is 20.3 Å². The molecule has 69 heavy (non-hydrogen) atoms. The fourth-order valence-electron chi connectivity index (χ4n) is 9.99. The van der Waals surface area contributed by atoms with Gasteiger partial charge in [-0.05, 0) is 51.4 Å². The molecule has 0 aliphatic heterocycles. The standard InChI is InChI=1S/C63H123NO5/c1-3-5-7-9-11-13-15-17-19-21-22-24-27-31-35-39-43-47-51-55-61(66)60(59-65)64-62(67)56-52-48-44-40-36-32-28-25-26-30-34-38-42-46-50-54-58-69-63(68)57-53-49-45-41-37-33-29-23-20-18-16-14-12-10-8-6-4-2/h18,20,60-61,65-66H,3-17,19,21-59H2,1-2H3,(H,64,67)/b20-18-. The average Bonchev–Trinajstić information content (AvgIpc) is 3.35. The zero-order valence-electron chi connectivity index (χ0n) is 46.8. The van der Waals surface area contributed by atoms with E-state index in [0.717, 1.165) is 44.9 Å². The molecule has 0 fully saturated rings. The van der Waals surface area contributed by atoms with Crippen LogP contribution in [0.25, 0.3) is 0 Å². The van der Waals surface area contributed by atoms with Gasteiger partial charge >= 0.3 is 5.97 Å². The first-order chi connectivity index (χ1) is 34.0. The molecule has 0 saturated heterocycles. The van der Waals surface area contributed by atoms with Gasteiger partial charge in [-0.25, -0.2) is 0 Å². The Hall–Kier alpha value is -1.40. The molecule has 0 spiro atoms. The van der Waals surface area contributed by atoms with Crippen molar-refractivity contribution in [3.8, 4) is 0 Å². The van der Waals surface area contributed by atoms with Crippen LogP contribution in [0.5, 0.6) is 0 Å². The first kappa shape index (κ1) is 67.6. The van der Waals surface area contributed by atoms with Crippen LogP contribution in [0.4, 0.5) is 0 Å². The fraction of sp³-hybridized carbons (Fsp3) is 0.937. The molecule has 0 rings (SSSR count). The van der Waals surface area contributed by atoms with Crippen molar-refractivity contribution in [3.63, 3.8) is 0 Å². The Morgan fingerprint density at radius 2 is 0.681 bits per heavy atom. The summed E-state index contributed by atoms with van der Waals surface area (Å²) in [5.41, 5.74) is 0. The van der Waals surface area contributed by atoms with Gasteiger partial charge in [-0.3, -0.25) is 9.59 Å². The Morgan fingerprint density at radius 3 is 1.03 bits per heavy atom. The lowest BCUT2D eigenvalue weighted by atomic mass is 10.0. The number of rotatable bonds is 59. The maximum Gasteiger partial charge on any atom is 0.305 e. The van der Waals surface area contributed by atoms with E-state index in [1.165, 1.54) is 276 Å². The summed E-state index contributed by atoms with van der Waals surface area (Å²) in [4.78, 5) is 24.6. The number of esters is 1. The highest BCUT2D eigenvalue weighted by atomic mass is 16.5. The van der Waals surface area contributed by atoms with E-state index >= 15 is 0 Å². The van der Waals surface area contributed by atoms with Gasteiger partial charge in [-0.15, -0.1) is 0 Å². The minimum absolute atomic E-state index is 0.000982. The lowest BCUT2D eigenvalue weighted by Gasteiger charge is -2.22. The Kier molecular flexibility index (Phi) is 58.0. The van der Waals surface area contributed by atoms with Crippen LogP contribution in [-0.4, -0.2) is 47.4 Å². The van der Waals surface area contributed by atoms with Crippen molar-refractivity contribution in [2.24, 2.45) is 0 Å². The van der Waals surface area contributed by atoms with Gasteiger partial charge in [0.15, 0.2) is 0 Å². The van der Waals surface area contributed by atoms with Crippen molar-refractivity contribution < 1.29 is 24.5 Å². The van der Waals surface area contributed by atoms with Crippen LogP contribution >= 0.6 is 0 Å². The third kappa shape index (κ3) is 55.8. The van der Waals surface area contributed by atoms with Crippen LogP contribution in [-0.2, 0) is 14.3 Å². The van der Waals surface area contributed by atoms with Crippen LogP contribution in [0, 0.1) is 0 Å². The number of aliphatic hydroxyl groups is 2. The Balaban J connectivity index is 3.41. The van der Waals surface area contributed by atoms with E-state index in [2.05, 4.69) is 31.3 Å². The number of carbonyl (C=O) groups is 2. The first-order valence-electron chi connectivity index (χ1n) is 31.4. The van der Waals surface area contributed by atoms with Crippen molar-refractivity contribution in [1.82, 2.24) is 5.32 Å². The highest BCUT2D eigenvalue weighted by Crippen LogP contribution is 2.18. The number of hydrogen-bond acceptors (Lipinski definition) is 5. The number of hydrogen-bond donors (Lipinski definition) is 3. The van der Waals surface area contributed by atoms with Gasteiger partial charge in [0.05, 0.1) is 25.4 Å². The molecule has 410 valence electrons. The van der Waals surface area contributed by atoms with Crippen molar-refractivity contribution >= 4 is 11.9 Å². The quantitative estimate of drug-likeness (QED) is 0.0321. The smallest absolute Gasteiger partial charge is 0.305 e. The predicted molar refractivity (Wildman–Crippen MR) is 301 cm³/mol. The van der Waals surface area contributed by atoms with Crippen LogP contribution < -0.4 is 5.32 Å². The third-order valence-corrected chi connectivity index (χ3v) is 14.8. The second-order valence-corrected chi connectivity index (χ2v) is 21.7. The molecule has 3 N–H and O–H groups in total. The highest BCUT2D eigenvalue weighted by molar-refractivity contribution is 5.76. The molecule has 0 aromatic heterocycles. The monoisotopic (exact) mass is 974 g/mol. The summed E-state index contributed by atoms with van der Waals surface area (Å²) in [6.07, 6.45) is 70.7. The molecule has 6 heteroatoms. The number of carbonyl (C=O) groups excluding carboxylic acids is 2. The van der Waals surface area contributed by atoms with Crippen LogP contribution in [0.15, 0.2) is 12.2 Å². The summed E-state index contributed by atoms with van der Waals surface area (Å²) in [5.74, 6) is -0.0372. The second-order valence-electron chi connectivity index (χ2n) is 21.7. The molecule has 0 radical (unpaired) electrons. The lowest BCUT2D eigenvalue weighted by molar-refractivity contribution is -0.143.